The molecule has 0 amide bonds. The maximum Gasteiger partial charge on any atom is 0.165 e. The van der Waals surface area contributed by atoms with Gasteiger partial charge in [0.05, 0.1) is 37.8 Å². The smallest absolute Gasteiger partial charge is 0.165 e. The SMILES string of the molecule is c1ccc(-c2nc3ccc4ccccc4c3nc2-n2c3ccc(-c4ccc5c6ccccc6n(-c6ccccc6)c5c4)cc3c3c4ccccc4c4c5ccc6ccccc6c5sc4c32)cc1. The fourth-order valence-corrected chi connectivity index (χ4v) is 12.5. The monoisotopic (exact) mass is 868 g/mol. The van der Waals surface area contributed by atoms with Crippen molar-refractivity contribution in [3.8, 4) is 33.9 Å². The molecule has 0 unspecified atom stereocenters. The van der Waals surface area contributed by atoms with E-state index >= 15 is 0 Å². The van der Waals surface area contributed by atoms with E-state index in [4.69, 9.17) is 9.97 Å². The minimum Gasteiger partial charge on any atom is -0.309 e. The zero-order chi connectivity index (χ0) is 43.7. The van der Waals surface area contributed by atoms with Crippen LogP contribution in [0.15, 0.2) is 218 Å². The second-order valence-corrected chi connectivity index (χ2v) is 18.7. The number of nitrogens with zero attached hydrogens (tertiary/aromatic N) is 4. The van der Waals surface area contributed by atoms with Crippen molar-refractivity contribution in [2.24, 2.45) is 0 Å². The number of hydrogen-bond donors (Lipinski definition) is 0. The van der Waals surface area contributed by atoms with Crippen molar-refractivity contribution >= 4 is 118 Å². The summed E-state index contributed by atoms with van der Waals surface area (Å²) in [6, 6.07) is 79.4. The van der Waals surface area contributed by atoms with Crippen LogP contribution in [0.1, 0.15) is 0 Å². The van der Waals surface area contributed by atoms with Crippen LogP contribution in [0.2, 0.25) is 0 Å². The van der Waals surface area contributed by atoms with Gasteiger partial charge in [-0.15, -0.1) is 11.3 Å². The Kier molecular flexibility index (Phi) is 7.63. The van der Waals surface area contributed by atoms with E-state index in [1.54, 1.807) is 0 Å². The van der Waals surface area contributed by atoms with Gasteiger partial charge in [0.15, 0.2) is 5.82 Å². The number of para-hydroxylation sites is 2. The lowest BCUT2D eigenvalue weighted by Gasteiger charge is -2.15. The first-order chi connectivity index (χ1) is 33.2. The molecule has 15 aromatic rings. The van der Waals surface area contributed by atoms with E-state index in [0.29, 0.717) is 0 Å². The highest BCUT2D eigenvalue weighted by molar-refractivity contribution is 7.27. The molecule has 0 bridgehead atoms. The highest BCUT2D eigenvalue weighted by atomic mass is 32.1. The summed E-state index contributed by atoms with van der Waals surface area (Å²) < 4.78 is 7.39. The molecule has 5 heteroatoms. The molecule has 0 N–H and O–H groups in total. The predicted molar refractivity (Wildman–Crippen MR) is 284 cm³/mol. The zero-order valence-electron chi connectivity index (χ0n) is 36.0. The normalized spacial score (nSPS) is 12.2. The third kappa shape index (κ3) is 5.23. The maximum absolute atomic E-state index is 5.79. The molecule has 0 aliphatic rings. The Morgan fingerprint density at radius 2 is 0.940 bits per heavy atom. The van der Waals surface area contributed by atoms with E-state index in [9.17, 15) is 0 Å². The van der Waals surface area contributed by atoms with Crippen molar-refractivity contribution in [3.05, 3.63) is 218 Å². The topological polar surface area (TPSA) is 35.6 Å². The van der Waals surface area contributed by atoms with Gasteiger partial charge in [-0.3, -0.25) is 4.57 Å². The summed E-state index contributed by atoms with van der Waals surface area (Å²) in [5.41, 5.74) is 11.7. The minimum absolute atomic E-state index is 0.815. The summed E-state index contributed by atoms with van der Waals surface area (Å²) in [5, 5.41) is 14.6. The Labute approximate surface area is 387 Å². The number of rotatable bonds is 4. The minimum atomic E-state index is 0.815. The fraction of sp³-hybridized carbons (Fsp3) is 0. The summed E-state index contributed by atoms with van der Waals surface area (Å²) in [6.45, 7) is 0. The van der Waals surface area contributed by atoms with Gasteiger partial charge in [0.2, 0.25) is 0 Å². The summed E-state index contributed by atoms with van der Waals surface area (Å²) in [7, 11) is 0. The summed E-state index contributed by atoms with van der Waals surface area (Å²) in [6.07, 6.45) is 0. The molecule has 4 aromatic heterocycles. The fourth-order valence-electron chi connectivity index (χ4n) is 11.1. The number of fused-ring (bicyclic) bond motifs is 18. The number of thiophene rings is 1. The average molecular weight is 869 g/mol. The number of benzene rings is 11. The molecule has 11 aromatic carbocycles. The molecule has 310 valence electrons. The van der Waals surface area contributed by atoms with Gasteiger partial charge in [0.25, 0.3) is 0 Å². The van der Waals surface area contributed by atoms with E-state index in [2.05, 4.69) is 228 Å². The van der Waals surface area contributed by atoms with Crippen LogP contribution in [0.4, 0.5) is 0 Å². The summed E-state index contributed by atoms with van der Waals surface area (Å²) >= 11 is 1.90. The Bertz CT molecular complexity index is 4560. The van der Waals surface area contributed by atoms with E-state index in [-0.39, 0.29) is 0 Å². The lowest BCUT2D eigenvalue weighted by Crippen LogP contribution is -2.04. The quantitative estimate of drug-likeness (QED) is 0.165. The van der Waals surface area contributed by atoms with Crippen molar-refractivity contribution in [2.75, 3.05) is 0 Å². The van der Waals surface area contributed by atoms with Crippen LogP contribution in [-0.4, -0.2) is 19.1 Å². The van der Waals surface area contributed by atoms with Gasteiger partial charge in [0, 0.05) is 53.7 Å². The van der Waals surface area contributed by atoms with Gasteiger partial charge in [-0.05, 0) is 80.5 Å². The van der Waals surface area contributed by atoms with Crippen LogP contribution >= 0.6 is 11.3 Å². The van der Waals surface area contributed by atoms with Crippen molar-refractivity contribution < 1.29 is 0 Å². The number of aromatic nitrogens is 4. The molecule has 15 rings (SSSR count). The standard InChI is InChI=1S/C62H36N4S/c1-3-17-39(18-4-1)57-62(64-58-43-21-9-7-15-37(43)29-33-51(58)63-57)66-53-34-30-40(41-28-31-46-45-23-13-14-26-52(45)65(54(46)36-41)42-19-5-2-6-20-42)35-50(53)55-47-24-11-12-25-48(47)56-49-32-27-38-16-8-10-22-44(38)60(49)67-61(56)59(55)66/h1-36H. The molecule has 0 fully saturated rings. The van der Waals surface area contributed by atoms with Gasteiger partial charge in [-0.2, -0.15) is 0 Å². The molecule has 0 saturated heterocycles. The Balaban J connectivity index is 1.11. The highest BCUT2D eigenvalue weighted by Crippen LogP contribution is 2.50. The second-order valence-electron chi connectivity index (χ2n) is 17.6. The largest absolute Gasteiger partial charge is 0.309 e. The Morgan fingerprint density at radius 3 is 1.76 bits per heavy atom. The summed E-state index contributed by atoms with van der Waals surface area (Å²) in [4.78, 5) is 11.3. The van der Waals surface area contributed by atoms with Gasteiger partial charge in [0.1, 0.15) is 5.69 Å². The predicted octanol–water partition coefficient (Wildman–Crippen LogP) is 17.0. The molecule has 0 atom stereocenters. The molecule has 67 heavy (non-hydrogen) atoms. The molecule has 4 nitrogen and oxygen atoms in total. The molecule has 0 radical (unpaired) electrons. The number of hydrogen-bond acceptors (Lipinski definition) is 3. The first kappa shape index (κ1) is 36.7. The first-order valence-electron chi connectivity index (χ1n) is 22.8. The highest BCUT2D eigenvalue weighted by Gasteiger charge is 2.26. The van der Waals surface area contributed by atoms with Crippen LogP contribution in [0.3, 0.4) is 0 Å². The van der Waals surface area contributed by atoms with Gasteiger partial charge in [-0.1, -0.05) is 176 Å². The third-order valence-corrected chi connectivity index (χ3v) is 15.3. The van der Waals surface area contributed by atoms with Crippen molar-refractivity contribution in [3.63, 3.8) is 0 Å². The van der Waals surface area contributed by atoms with Crippen LogP contribution in [-0.2, 0) is 0 Å². The molecule has 0 aliphatic carbocycles. The van der Waals surface area contributed by atoms with E-state index in [0.717, 1.165) is 66.7 Å². The van der Waals surface area contributed by atoms with Crippen molar-refractivity contribution in [1.82, 2.24) is 19.1 Å². The Morgan fingerprint density at radius 1 is 0.343 bits per heavy atom. The lowest BCUT2D eigenvalue weighted by atomic mass is 9.96. The van der Waals surface area contributed by atoms with Gasteiger partial charge < -0.3 is 4.57 Å². The third-order valence-electron chi connectivity index (χ3n) is 14.0. The Hall–Kier alpha value is -8.64. The van der Waals surface area contributed by atoms with E-state index < -0.39 is 0 Å². The lowest BCUT2D eigenvalue weighted by molar-refractivity contribution is 1.09. The summed E-state index contributed by atoms with van der Waals surface area (Å²) in [5.74, 6) is 0.815. The van der Waals surface area contributed by atoms with Gasteiger partial charge >= 0.3 is 0 Å². The van der Waals surface area contributed by atoms with Gasteiger partial charge in [-0.25, -0.2) is 9.97 Å². The van der Waals surface area contributed by atoms with Crippen LogP contribution in [0.5, 0.6) is 0 Å². The molecule has 0 spiro atoms. The first-order valence-corrected chi connectivity index (χ1v) is 23.6. The van der Waals surface area contributed by atoms with Crippen LogP contribution in [0.25, 0.3) is 141 Å². The van der Waals surface area contributed by atoms with E-state index in [1.165, 1.54) is 74.3 Å². The van der Waals surface area contributed by atoms with Crippen LogP contribution < -0.4 is 0 Å². The molecular weight excluding hydrogens is 833 g/mol. The van der Waals surface area contributed by atoms with Crippen LogP contribution in [0, 0.1) is 0 Å². The molecule has 0 aliphatic heterocycles. The molecule has 4 heterocycles. The second kappa shape index (κ2) is 13.9. The zero-order valence-corrected chi connectivity index (χ0v) is 36.8. The average Bonchev–Trinajstić information content (AvgIpc) is 4.07. The molecule has 0 saturated carbocycles. The van der Waals surface area contributed by atoms with E-state index in [1.807, 2.05) is 11.3 Å². The van der Waals surface area contributed by atoms with Crippen molar-refractivity contribution in [1.29, 1.82) is 0 Å². The maximum atomic E-state index is 5.79. The molecular formula is C62H36N4S. The van der Waals surface area contributed by atoms with Crippen molar-refractivity contribution in [2.45, 2.75) is 0 Å².